The monoisotopic (exact) mass is 260 g/mol. The van der Waals surface area contributed by atoms with Crippen molar-refractivity contribution < 1.29 is 4.79 Å². The molecule has 2 N–H and O–H groups in total. The van der Waals surface area contributed by atoms with Crippen molar-refractivity contribution in [2.45, 2.75) is 51.6 Å². The Morgan fingerprint density at radius 3 is 2.53 bits per heavy atom. The van der Waals surface area contributed by atoms with Crippen LogP contribution >= 0.6 is 0 Å². The van der Waals surface area contributed by atoms with Crippen LogP contribution < -0.4 is 10.6 Å². The third-order valence-electron chi connectivity index (χ3n) is 3.87. The molecule has 1 aromatic rings. The molecule has 0 unspecified atom stereocenters. The maximum Gasteiger partial charge on any atom is 0.234 e. The van der Waals surface area contributed by atoms with Crippen LogP contribution in [0.4, 0.5) is 0 Å². The summed E-state index contributed by atoms with van der Waals surface area (Å²) in [5.74, 6) is 0.117. The molecule has 0 saturated heterocycles. The first-order valence-corrected chi connectivity index (χ1v) is 7.24. The van der Waals surface area contributed by atoms with Crippen molar-refractivity contribution >= 4 is 5.91 Å². The highest BCUT2D eigenvalue weighted by Gasteiger charge is 2.17. The second-order valence-electron chi connectivity index (χ2n) is 5.56. The lowest BCUT2D eigenvalue weighted by Crippen LogP contribution is -2.39. The number of carbonyl (C=O) groups is 1. The summed E-state index contributed by atoms with van der Waals surface area (Å²) in [5, 5.41) is 6.37. The zero-order valence-corrected chi connectivity index (χ0v) is 11.9. The summed E-state index contributed by atoms with van der Waals surface area (Å²) in [5.41, 5.74) is 2.48. The van der Waals surface area contributed by atoms with Gasteiger partial charge in [0.25, 0.3) is 0 Å². The van der Waals surface area contributed by atoms with E-state index in [1.807, 2.05) is 0 Å². The molecule has 1 fully saturated rings. The van der Waals surface area contributed by atoms with Crippen molar-refractivity contribution in [3.63, 3.8) is 0 Å². The van der Waals surface area contributed by atoms with E-state index in [-0.39, 0.29) is 11.9 Å². The Labute approximate surface area is 115 Å². The highest BCUT2D eigenvalue weighted by molar-refractivity contribution is 5.78. The van der Waals surface area contributed by atoms with Crippen LogP contribution in [-0.2, 0) is 4.79 Å². The molecular formula is C16H24N2O. The van der Waals surface area contributed by atoms with Crippen molar-refractivity contribution in [2.75, 3.05) is 6.54 Å². The minimum atomic E-state index is 0.117. The largest absolute Gasteiger partial charge is 0.352 e. The molecule has 0 radical (unpaired) electrons. The number of aryl methyl sites for hydroxylation is 1. The van der Waals surface area contributed by atoms with Gasteiger partial charge in [-0.1, -0.05) is 42.7 Å². The van der Waals surface area contributed by atoms with E-state index in [0.717, 1.165) is 12.8 Å². The number of benzene rings is 1. The number of amides is 1. The van der Waals surface area contributed by atoms with Crippen LogP contribution in [-0.4, -0.2) is 18.5 Å². The molecule has 1 aliphatic carbocycles. The Balaban J connectivity index is 1.74. The van der Waals surface area contributed by atoms with Gasteiger partial charge in [-0.3, -0.25) is 4.79 Å². The molecule has 0 aromatic heterocycles. The predicted octanol–water partition coefficient (Wildman–Crippen LogP) is 2.70. The Morgan fingerprint density at radius 2 is 1.89 bits per heavy atom. The molecule has 1 aromatic carbocycles. The van der Waals surface area contributed by atoms with Crippen LogP contribution in [0.15, 0.2) is 24.3 Å². The number of carbonyl (C=O) groups excluding carboxylic acids is 1. The normalized spacial score (nSPS) is 17.4. The standard InChI is InChI=1S/C16H24N2O/c1-12-7-9-14(10-8-12)13(2)17-11-16(19)18-15-5-3-4-6-15/h7-10,13,15,17H,3-6,11H2,1-2H3,(H,18,19)/t13-/m0/s1. The van der Waals surface area contributed by atoms with E-state index in [2.05, 4.69) is 48.7 Å². The van der Waals surface area contributed by atoms with Gasteiger partial charge in [-0.25, -0.2) is 0 Å². The summed E-state index contributed by atoms with van der Waals surface area (Å²) in [7, 11) is 0. The van der Waals surface area contributed by atoms with E-state index in [1.54, 1.807) is 0 Å². The lowest BCUT2D eigenvalue weighted by atomic mass is 10.1. The third kappa shape index (κ3) is 4.35. The number of hydrogen-bond acceptors (Lipinski definition) is 2. The summed E-state index contributed by atoms with van der Waals surface area (Å²) >= 11 is 0. The smallest absolute Gasteiger partial charge is 0.234 e. The van der Waals surface area contributed by atoms with Gasteiger partial charge >= 0.3 is 0 Å². The quantitative estimate of drug-likeness (QED) is 0.854. The highest BCUT2D eigenvalue weighted by Crippen LogP contribution is 2.17. The van der Waals surface area contributed by atoms with Gasteiger partial charge in [-0.2, -0.15) is 0 Å². The number of rotatable bonds is 5. The summed E-state index contributed by atoms with van der Waals surface area (Å²) in [6, 6.07) is 9.04. The first-order chi connectivity index (χ1) is 9.15. The second-order valence-corrected chi connectivity index (χ2v) is 5.56. The minimum Gasteiger partial charge on any atom is -0.352 e. The third-order valence-corrected chi connectivity index (χ3v) is 3.87. The van der Waals surface area contributed by atoms with E-state index in [1.165, 1.54) is 24.0 Å². The van der Waals surface area contributed by atoms with Gasteiger partial charge in [0.15, 0.2) is 0 Å². The summed E-state index contributed by atoms with van der Waals surface area (Å²) in [4.78, 5) is 11.8. The molecule has 3 nitrogen and oxygen atoms in total. The van der Waals surface area contributed by atoms with E-state index in [0.29, 0.717) is 12.6 Å². The first kappa shape index (κ1) is 14.1. The minimum absolute atomic E-state index is 0.117. The maximum absolute atomic E-state index is 11.8. The highest BCUT2D eigenvalue weighted by atomic mass is 16.1. The molecule has 3 heteroatoms. The molecule has 104 valence electrons. The van der Waals surface area contributed by atoms with Crippen molar-refractivity contribution in [3.05, 3.63) is 35.4 Å². The fourth-order valence-corrected chi connectivity index (χ4v) is 2.57. The average Bonchev–Trinajstić information content (AvgIpc) is 2.89. The van der Waals surface area contributed by atoms with Crippen molar-refractivity contribution in [3.8, 4) is 0 Å². The molecule has 1 aliphatic rings. The molecule has 0 heterocycles. The summed E-state index contributed by atoms with van der Waals surface area (Å²) in [6.07, 6.45) is 4.77. The molecular weight excluding hydrogens is 236 g/mol. The van der Waals surface area contributed by atoms with E-state index in [9.17, 15) is 4.79 Å². The van der Waals surface area contributed by atoms with Gasteiger partial charge in [0, 0.05) is 12.1 Å². The molecule has 0 aliphatic heterocycles. The second kappa shape index (κ2) is 6.71. The lowest BCUT2D eigenvalue weighted by Gasteiger charge is -2.16. The van der Waals surface area contributed by atoms with Gasteiger partial charge in [-0.15, -0.1) is 0 Å². The van der Waals surface area contributed by atoms with Gasteiger partial charge in [-0.05, 0) is 32.3 Å². The number of nitrogens with one attached hydrogen (secondary N) is 2. The topological polar surface area (TPSA) is 41.1 Å². The molecule has 1 atom stereocenters. The summed E-state index contributed by atoms with van der Waals surface area (Å²) in [6.45, 7) is 4.57. The zero-order chi connectivity index (χ0) is 13.7. The molecule has 1 amide bonds. The lowest BCUT2D eigenvalue weighted by molar-refractivity contribution is -0.121. The number of hydrogen-bond donors (Lipinski definition) is 2. The van der Waals surface area contributed by atoms with Crippen LogP contribution in [0, 0.1) is 6.92 Å². The maximum atomic E-state index is 11.8. The van der Waals surface area contributed by atoms with Crippen molar-refractivity contribution in [1.82, 2.24) is 10.6 Å². The Hall–Kier alpha value is -1.35. The van der Waals surface area contributed by atoms with Crippen LogP contribution in [0.5, 0.6) is 0 Å². The van der Waals surface area contributed by atoms with Crippen LogP contribution in [0.3, 0.4) is 0 Å². The predicted molar refractivity (Wildman–Crippen MR) is 78.0 cm³/mol. The van der Waals surface area contributed by atoms with Gasteiger partial charge in [0.1, 0.15) is 0 Å². The fraction of sp³-hybridized carbons (Fsp3) is 0.562. The molecule has 0 bridgehead atoms. The van der Waals surface area contributed by atoms with E-state index < -0.39 is 0 Å². The first-order valence-electron chi connectivity index (χ1n) is 7.24. The van der Waals surface area contributed by atoms with Gasteiger partial charge < -0.3 is 10.6 Å². The Kier molecular flexibility index (Phi) is 4.97. The average molecular weight is 260 g/mol. The SMILES string of the molecule is Cc1ccc([C@H](C)NCC(=O)NC2CCCC2)cc1. The van der Waals surface area contributed by atoms with Crippen LogP contribution in [0.25, 0.3) is 0 Å². The molecule has 19 heavy (non-hydrogen) atoms. The van der Waals surface area contributed by atoms with Gasteiger partial charge in [0.05, 0.1) is 6.54 Å². The fourth-order valence-electron chi connectivity index (χ4n) is 2.57. The Bertz CT molecular complexity index is 407. The zero-order valence-electron chi connectivity index (χ0n) is 11.9. The van der Waals surface area contributed by atoms with Crippen LogP contribution in [0.1, 0.15) is 49.8 Å². The van der Waals surface area contributed by atoms with Crippen molar-refractivity contribution in [2.24, 2.45) is 0 Å². The van der Waals surface area contributed by atoms with E-state index >= 15 is 0 Å². The summed E-state index contributed by atoms with van der Waals surface area (Å²) < 4.78 is 0. The molecule has 2 rings (SSSR count). The van der Waals surface area contributed by atoms with Crippen LogP contribution in [0.2, 0.25) is 0 Å². The van der Waals surface area contributed by atoms with Crippen molar-refractivity contribution in [1.29, 1.82) is 0 Å². The molecule has 1 saturated carbocycles. The van der Waals surface area contributed by atoms with Gasteiger partial charge in [0.2, 0.25) is 5.91 Å². The molecule has 0 spiro atoms. The Morgan fingerprint density at radius 1 is 1.26 bits per heavy atom. The van der Waals surface area contributed by atoms with E-state index in [4.69, 9.17) is 0 Å².